The summed E-state index contributed by atoms with van der Waals surface area (Å²) in [5.41, 5.74) is 13.2. The van der Waals surface area contributed by atoms with Gasteiger partial charge in [0, 0.05) is 33.0 Å². The van der Waals surface area contributed by atoms with E-state index in [0.717, 1.165) is 72.0 Å². The van der Waals surface area contributed by atoms with Gasteiger partial charge in [0.2, 0.25) is 0 Å². The number of hydrogen-bond acceptors (Lipinski definition) is 4. The van der Waals surface area contributed by atoms with E-state index in [1.807, 2.05) is 54.6 Å². The van der Waals surface area contributed by atoms with E-state index in [9.17, 15) is 0 Å². The Morgan fingerprint density at radius 2 is 0.709 bits per heavy atom. The van der Waals surface area contributed by atoms with Crippen LogP contribution in [0.15, 0.2) is 205 Å². The average molecular weight is 704 g/mol. The topological polar surface area (TPSA) is 51.8 Å². The molecule has 0 radical (unpaired) electrons. The fraction of sp³-hybridized carbons (Fsp3) is 0. The van der Waals surface area contributed by atoms with Crippen LogP contribution in [0.1, 0.15) is 0 Å². The highest BCUT2D eigenvalue weighted by Gasteiger charge is 2.18. The van der Waals surface area contributed by atoms with E-state index in [-0.39, 0.29) is 0 Å². The summed E-state index contributed by atoms with van der Waals surface area (Å²) < 4.78 is 6.55. The molecular weight excluding hydrogens is 671 g/mol. The summed E-state index contributed by atoms with van der Waals surface area (Å²) in [5.74, 6) is 1.82. The first-order valence-corrected chi connectivity index (χ1v) is 18.4. The molecule has 0 aliphatic heterocycles. The zero-order chi connectivity index (χ0) is 36.6. The molecule has 55 heavy (non-hydrogen) atoms. The molecular formula is C51H33N3O. The molecule has 10 aromatic rings. The van der Waals surface area contributed by atoms with Gasteiger partial charge >= 0.3 is 0 Å². The molecule has 10 rings (SSSR count). The maximum atomic E-state index is 6.55. The van der Waals surface area contributed by atoms with E-state index in [1.165, 1.54) is 11.1 Å². The Labute approximate surface area is 319 Å². The van der Waals surface area contributed by atoms with Crippen molar-refractivity contribution in [1.29, 1.82) is 0 Å². The second-order valence-corrected chi connectivity index (χ2v) is 13.6. The van der Waals surface area contributed by atoms with Crippen LogP contribution in [0.4, 0.5) is 0 Å². The molecule has 0 N–H and O–H groups in total. The molecule has 0 fully saturated rings. The average Bonchev–Trinajstić information content (AvgIpc) is 3.66. The standard InChI is InChI=1S/C51H33N3O/c1-4-14-34(15-5-1)36-26-28-37(29-27-36)41-31-42(44-23-13-24-46-45-22-10-11-25-47(45)55-48(44)46)33-43(32-41)51-53-49(38-18-8-3-9-19-38)52-50(54-51)40-21-12-20-39(30-40)35-16-6-2-7-17-35/h1-33H. The number of fused-ring (bicyclic) bond motifs is 3. The third-order valence-corrected chi connectivity index (χ3v) is 10.1. The third kappa shape index (κ3) is 6.26. The predicted octanol–water partition coefficient (Wildman–Crippen LogP) is 13.4. The van der Waals surface area contributed by atoms with Gasteiger partial charge in [0.15, 0.2) is 17.5 Å². The Morgan fingerprint density at radius 3 is 1.42 bits per heavy atom. The summed E-state index contributed by atoms with van der Waals surface area (Å²) in [6.45, 7) is 0. The predicted molar refractivity (Wildman–Crippen MR) is 225 cm³/mol. The van der Waals surface area contributed by atoms with Crippen molar-refractivity contribution in [2.24, 2.45) is 0 Å². The Morgan fingerprint density at radius 1 is 0.273 bits per heavy atom. The van der Waals surface area contributed by atoms with Crippen LogP contribution in [0.2, 0.25) is 0 Å². The van der Waals surface area contributed by atoms with Crippen LogP contribution in [-0.4, -0.2) is 15.0 Å². The van der Waals surface area contributed by atoms with Crippen LogP contribution in [0.5, 0.6) is 0 Å². The monoisotopic (exact) mass is 703 g/mol. The molecule has 2 aromatic heterocycles. The largest absolute Gasteiger partial charge is 0.455 e. The van der Waals surface area contributed by atoms with Gasteiger partial charge in [-0.1, -0.05) is 170 Å². The second-order valence-electron chi connectivity index (χ2n) is 13.6. The second kappa shape index (κ2) is 13.8. The maximum Gasteiger partial charge on any atom is 0.164 e. The molecule has 0 spiro atoms. The van der Waals surface area contributed by atoms with Gasteiger partial charge in [-0.05, 0) is 69.3 Å². The first-order chi connectivity index (χ1) is 27.2. The van der Waals surface area contributed by atoms with Crippen molar-refractivity contribution < 1.29 is 4.42 Å². The molecule has 4 nitrogen and oxygen atoms in total. The Bertz CT molecular complexity index is 2950. The van der Waals surface area contributed by atoms with Crippen molar-refractivity contribution in [3.8, 4) is 78.7 Å². The number of rotatable bonds is 7. The molecule has 0 atom stereocenters. The number of para-hydroxylation sites is 2. The molecule has 0 aliphatic carbocycles. The van der Waals surface area contributed by atoms with Gasteiger partial charge < -0.3 is 4.42 Å². The molecule has 0 saturated heterocycles. The summed E-state index contributed by atoms with van der Waals surface area (Å²) in [6, 6.07) is 69.3. The zero-order valence-electron chi connectivity index (χ0n) is 29.8. The van der Waals surface area contributed by atoms with Crippen molar-refractivity contribution in [2.45, 2.75) is 0 Å². The Kier molecular flexibility index (Phi) is 8.12. The fourth-order valence-corrected chi connectivity index (χ4v) is 7.36. The van der Waals surface area contributed by atoms with Gasteiger partial charge in [-0.15, -0.1) is 0 Å². The van der Waals surface area contributed by atoms with Crippen LogP contribution in [0.25, 0.3) is 101 Å². The highest BCUT2D eigenvalue weighted by atomic mass is 16.3. The summed E-state index contributed by atoms with van der Waals surface area (Å²) in [6.07, 6.45) is 0. The van der Waals surface area contributed by atoms with Crippen molar-refractivity contribution in [2.75, 3.05) is 0 Å². The summed E-state index contributed by atoms with van der Waals surface area (Å²) >= 11 is 0. The minimum Gasteiger partial charge on any atom is -0.455 e. The van der Waals surface area contributed by atoms with Gasteiger partial charge in [0.05, 0.1) is 0 Å². The molecule has 0 amide bonds. The molecule has 4 heteroatoms. The van der Waals surface area contributed by atoms with E-state index < -0.39 is 0 Å². The summed E-state index contributed by atoms with van der Waals surface area (Å²) in [7, 11) is 0. The first kappa shape index (κ1) is 32.2. The number of furan rings is 1. The van der Waals surface area contributed by atoms with Crippen molar-refractivity contribution in [3.63, 3.8) is 0 Å². The normalized spacial score (nSPS) is 11.3. The van der Waals surface area contributed by atoms with Crippen LogP contribution in [-0.2, 0) is 0 Å². The summed E-state index contributed by atoms with van der Waals surface area (Å²) in [5, 5.41) is 2.18. The van der Waals surface area contributed by atoms with Crippen LogP contribution >= 0.6 is 0 Å². The number of hydrogen-bond donors (Lipinski definition) is 0. The molecule has 0 aliphatic rings. The van der Waals surface area contributed by atoms with Crippen LogP contribution in [0.3, 0.4) is 0 Å². The smallest absolute Gasteiger partial charge is 0.164 e. The van der Waals surface area contributed by atoms with Crippen molar-refractivity contribution in [1.82, 2.24) is 15.0 Å². The summed E-state index contributed by atoms with van der Waals surface area (Å²) in [4.78, 5) is 15.4. The van der Waals surface area contributed by atoms with E-state index in [2.05, 4.69) is 146 Å². The molecule has 2 heterocycles. The third-order valence-electron chi connectivity index (χ3n) is 10.1. The first-order valence-electron chi connectivity index (χ1n) is 18.4. The molecule has 258 valence electrons. The lowest BCUT2D eigenvalue weighted by Crippen LogP contribution is -2.00. The number of nitrogens with zero attached hydrogens (tertiary/aromatic N) is 3. The number of benzene rings is 8. The lowest BCUT2D eigenvalue weighted by atomic mass is 9.94. The van der Waals surface area contributed by atoms with Gasteiger partial charge in [-0.25, -0.2) is 15.0 Å². The highest BCUT2D eigenvalue weighted by Crippen LogP contribution is 2.39. The highest BCUT2D eigenvalue weighted by molar-refractivity contribution is 6.09. The van der Waals surface area contributed by atoms with Gasteiger partial charge in [0.25, 0.3) is 0 Å². The minimum absolute atomic E-state index is 0.592. The SMILES string of the molecule is c1ccc(-c2ccc(-c3cc(-c4nc(-c5ccccc5)nc(-c5cccc(-c6ccccc6)c5)n4)cc(-c4cccc5c4oc4ccccc45)c3)cc2)cc1. The molecule has 0 bridgehead atoms. The fourth-order valence-electron chi connectivity index (χ4n) is 7.36. The van der Waals surface area contributed by atoms with Crippen molar-refractivity contribution in [3.05, 3.63) is 200 Å². The van der Waals surface area contributed by atoms with E-state index >= 15 is 0 Å². The van der Waals surface area contributed by atoms with Crippen LogP contribution < -0.4 is 0 Å². The Hall–Kier alpha value is -7.43. The Balaban J connectivity index is 1.18. The van der Waals surface area contributed by atoms with Crippen molar-refractivity contribution >= 4 is 21.9 Å². The quantitative estimate of drug-likeness (QED) is 0.166. The van der Waals surface area contributed by atoms with Gasteiger partial charge in [0.1, 0.15) is 11.2 Å². The zero-order valence-corrected chi connectivity index (χ0v) is 29.8. The molecule has 0 unspecified atom stereocenters. The van der Waals surface area contributed by atoms with Gasteiger partial charge in [-0.3, -0.25) is 0 Å². The van der Waals surface area contributed by atoms with E-state index in [1.54, 1.807) is 0 Å². The van der Waals surface area contributed by atoms with E-state index in [0.29, 0.717) is 17.5 Å². The lowest BCUT2D eigenvalue weighted by Gasteiger charge is -2.13. The number of aromatic nitrogens is 3. The lowest BCUT2D eigenvalue weighted by molar-refractivity contribution is 0.670. The molecule has 8 aromatic carbocycles. The van der Waals surface area contributed by atoms with Gasteiger partial charge in [-0.2, -0.15) is 0 Å². The minimum atomic E-state index is 0.592. The van der Waals surface area contributed by atoms with Crippen LogP contribution in [0, 0.1) is 0 Å². The van der Waals surface area contributed by atoms with E-state index in [4.69, 9.17) is 19.4 Å². The maximum absolute atomic E-state index is 6.55. The molecule has 0 saturated carbocycles.